The lowest BCUT2D eigenvalue weighted by Gasteiger charge is -1.98. The predicted molar refractivity (Wildman–Crippen MR) is 93.4 cm³/mol. The zero-order valence-electron chi connectivity index (χ0n) is 13.7. The average Bonchev–Trinajstić information content (AvgIpc) is 3.40. The molecule has 0 spiro atoms. The number of carbonyl (C=O) groups is 1. The van der Waals surface area contributed by atoms with Gasteiger partial charge in [-0.1, -0.05) is 24.3 Å². The van der Waals surface area contributed by atoms with E-state index in [1.165, 1.54) is 11.3 Å². The van der Waals surface area contributed by atoms with Crippen LogP contribution in [0.15, 0.2) is 56.7 Å². The zero-order valence-corrected chi connectivity index (χ0v) is 14.5. The molecule has 3 heterocycles. The van der Waals surface area contributed by atoms with E-state index in [0.717, 1.165) is 10.4 Å². The van der Waals surface area contributed by atoms with Crippen molar-refractivity contribution in [1.29, 1.82) is 0 Å². The van der Waals surface area contributed by atoms with E-state index in [4.69, 9.17) is 13.6 Å². The van der Waals surface area contributed by atoms with Crippen molar-refractivity contribution in [2.45, 2.75) is 13.5 Å². The number of benzene rings is 1. The third-order valence-electron chi connectivity index (χ3n) is 3.54. The molecule has 1 aromatic carbocycles. The highest BCUT2D eigenvalue weighted by molar-refractivity contribution is 7.13. The van der Waals surface area contributed by atoms with Crippen LogP contribution < -0.4 is 0 Å². The molecule has 0 unspecified atom stereocenters. The third-order valence-corrected chi connectivity index (χ3v) is 4.39. The van der Waals surface area contributed by atoms with E-state index in [1.54, 1.807) is 6.92 Å². The molecule has 0 fully saturated rings. The van der Waals surface area contributed by atoms with Crippen LogP contribution in [-0.4, -0.2) is 21.2 Å². The van der Waals surface area contributed by atoms with Gasteiger partial charge in [0.2, 0.25) is 5.89 Å². The fraction of sp³-hybridized carbons (Fsp3) is 0.111. The van der Waals surface area contributed by atoms with Crippen molar-refractivity contribution in [1.82, 2.24) is 15.2 Å². The second-order valence-electron chi connectivity index (χ2n) is 5.34. The highest BCUT2D eigenvalue weighted by atomic mass is 32.1. The predicted octanol–water partition coefficient (Wildman–Crippen LogP) is 4.12. The number of oxazole rings is 1. The van der Waals surface area contributed by atoms with Crippen molar-refractivity contribution in [3.05, 3.63) is 65.2 Å². The maximum absolute atomic E-state index is 12.3. The van der Waals surface area contributed by atoms with Gasteiger partial charge in [-0.05, 0) is 30.5 Å². The lowest BCUT2D eigenvalue weighted by atomic mass is 10.2. The number of esters is 1. The monoisotopic (exact) mass is 367 g/mol. The normalized spacial score (nSPS) is 10.8. The molecule has 3 aromatic heterocycles. The van der Waals surface area contributed by atoms with Gasteiger partial charge in [-0.25, -0.2) is 9.78 Å². The minimum absolute atomic E-state index is 0.127. The number of hydrogen-bond acceptors (Lipinski definition) is 8. The van der Waals surface area contributed by atoms with E-state index in [9.17, 15) is 4.79 Å². The molecule has 26 heavy (non-hydrogen) atoms. The number of aryl methyl sites for hydroxylation is 1. The Morgan fingerprint density at radius 3 is 2.69 bits per heavy atom. The molecular weight excluding hydrogens is 354 g/mol. The molecule has 0 saturated heterocycles. The highest BCUT2D eigenvalue weighted by Gasteiger charge is 2.20. The van der Waals surface area contributed by atoms with E-state index in [-0.39, 0.29) is 18.2 Å². The summed E-state index contributed by atoms with van der Waals surface area (Å²) in [7, 11) is 0. The quantitative estimate of drug-likeness (QED) is 0.490. The molecule has 0 radical (unpaired) electrons. The summed E-state index contributed by atoms with van der Waals surface area (Å²) in [4.78, 5) is 17.4. The Bertz CT molecular complexity index is 1020. The van der Waals surface area contributed by atoms with Crippen LogP contribution in [0.4, 0.5) is 0 Å². The lowest BCUT2D eigenvalue weighted by molar-refractivity contribution is 0.0430. The van der Waals surface area contributed by atoms with Crippen molar-refractivity contribution in [2.75, 3.05) is 0 Å². The van der Waals surface area contributed by atoms with Crippen molar-refractivity contribution < 1.29 is 18.4 Å². The summed E-state index contributed by atoms with van der Waals surface area (Å²) in [5, 5.41) is 9.73. The maximum atomic E-state index is 12.3. The van der Waals surface area contributed by atoms with Crippen LogP contribution in [0.25, 0.3) is 22.2 Å². The van der Waals surface area contributed by atoms with Crippen LogP contribution in [0.2, 0.25) is 0 Å². The van der Waals surface area contributed by atoms with Gasteiger partial charge in [-0.2, -0.15) is 0 Å². The topological polar surface area (TPSA) is 91.2 Å². The number of nitrogens with zero attached hydrogens (tertiary/aromatic N) is 3. The average molecular weight is 367 g/mol. The van der Waals surface area contributed by atoms with Gasteiger partial charge in [-0.15, -0.1) is 21.5 Å². The summed E-state index contributed by atoms with van der Waals surface area (Å²) in [6.07, 6.45) is 0. The molecule has 0 amide bonds. The molecule has 0 atom stereocenters. The molecule has 130 valence electrons. The number of hydrogen-bond donors (Lipinski definition) is 0. The van der Waals surface area contributed by atoms with Gasteiger partial charge in [0.15, 0.2) is 12.3 Å². The summed E-state index contributed by atoms with van der Waals surface area (Å²) < 4.78 is 16.3. The summed E-state index contributed by atoms with van der Waals surface area (Å²) in [5.74, 6) is 0.761. The Morgan fingerprint density at radius 2 is 1.92 bits per heavy atom. The first-order chi connectivity index (χ1) is 12.7. The maximum Gasteiger partial charge on any atom is 0.361 e. The van der Waals surface area contributed by atoms with E-state index in [0.29, 0.717) is 17.5 Å². The molecule has 0 aliphatic heterocycles. The third kappa shape index (κ3) is 3.27. The van der Waals surface area contributed by atoms with Gasteiger partial charge in [-0.3, -0.25) is 0 Å². The van der Waals surface area contributed by atoms with Crippen LogP contribution in [0.3, 0.4) is 0 Å². The smallest absolute Gasteiger partial charge is 0.361 e. The lowest BCUT2D eigenvalue weighted by Crippen LogP contribution is -2.07. The van der Waals surface area contributed by atoms with E-state index >= 15 is 0 Å². The van der Waals surface area contributed by atoms with E-state index < -0.39 is 5.97 Å². The molecule has 0 aliphatic rings. The zero-order chi connectivity index (χ0) is 17.9. The Balaban J connectivity index is 1.45. The van der Waals surface area contributed by atoms with Gasteiger partial charge in [0, 0.05) is 5.56 Å². The largest absolute Gasteiger partial charge is 0.451 e. The molecule has 7 nitrogen and oxygen atoms in total. The minimum atomic E-state index is -0.607. The number of rotatable bonds is 5. The molecule has 0 saturated carbocycles. The number of thiophene rings is 1. The first kappa shape index (κ1) is 16.2. The summed E-state index contributed by atoms with van der Waals surface area (Å²) in [6, 6.07) is 13.1. The Labute approximate surface area is 152 Å². The SMILES string of the molecule is Cc1oc(-c2ccccc2)nc1C(=O)OCc1nnc(-c2cccs2)o1. The molecule has 0 bridgehead atoms. The van der Waals surface area contributed by atoms with Gasteiger partial charge in [0.25, 0.3) is 11.8 Å². The highest BCUT2D eigenvalue weighted by Crippen LogP contribution is 2.24. The second-order valence-corrected chi connectivity index (χ2v) is 6.29. The standard InChI is InChI=1S/C18H13N3O4S/c1-11-15(19-16(24-11)12-6-3-2-4-7-12)18(22)23-10-14-20-21-17(25-14)13-8-5-9-26-13/h2-9H,10H2,1H3. The minimum Gasteiger partial charge on any atom is -0.451 e. The molecular formula is C18H13N3O4S. The fourth-order valence-corrected chi connectivity index (χ4v) is 2.94. The molecule has 4 aromatic rings. The summed E-state index contributed by atoms with van der Waals surface area (Å²) in [6.45, 7) is 1.53. The Morgan fingerprint density at radius 1 is 1.08 bits per heavy atom. The molecule has 4 rings (SSSR count). The van der Waals surface area contributed by atoms with E-state index in [2.05, 4.69) is 15.2 Å². The Kier molecular flexibility index (Phi) is 4.32. The number of carbonyl (C=O) groups excluding carboxylic acids is 1. The van der Waals surface area contributed by atoms with Gasteiger partial charge < -0.3 is 13.6 Å². The van der Waals surface area contributed by atoms with Crippen molar-refractivity contribution >= 4 is 17.3 Å². The fourth-order valence-electron chi connectivity index (χ4n) is 2.30. The molecule has 8 heteroatoms. The van der Waals surface area contributed by atoms with Crippen molar-refractivity contribution in [2.24, 2.45) is 0 Å². The molecule has 0 aliphatic carbocycles. The first-order valence-electron chi connectivity index (χ1n) is 7.77. The first-order valence-corrected chi connectivity index (χ1v) is 8.65. The number of ether oxygens (including phenoxy) is 1. The second kappa shape index (κ2) is 6.93. The van der Waals surface area contributed by atoms with Crippen LogP contribution in [-0.2, 0) is 11.3 Å². The number of aromatic nitrogens is 3. The van der Waals surface area contributed by atoms with Crippen LogP contribution in [0, 0.1) is 6.92 Å². The van der Waals surface area contributed by atoms with Crippen LogP contribution >= 0.6 is 11.3 Å². The Hall–Kier alpha value is -3.26. The summed E-state index contributed by atoms with van der Waals surface area (Å²) in [5.41, 5.74) is 0.911. The van der Waals surface area contributed by atoms with E-state index in [1.807, 2.05) is 47.8 Å². The summed E-state index contributed by atoms with van der Waals surface area (Å²) >= 11 is 1.49. The van der Waals surface area contributed by atoms with Gasteiger partial charge in [0.1, 0.15) is 5.76 Å². The van der Waals surface area contributed by atoms with Crippen molar-refractivity contribution in [3.63, 3.8) is 0 Å². The van der Waals surface area contributed by atoms with Crippen molar-refractivity contribution in [3.8, 4) is 22.2 Å². The van der Waals surface area contributed by atoms with Gasteiger partial charge in [0.05, 0.1) is 4.88 Å². The van der Waals surface area contributed by atoms with Crippen LogP contribution in [0.1, 0.15) is 22.1 Å². The van der Waals surface area contributed by atoms with Crippen LogP contribution in [0.5, 0.6) is 0 Å². The molecule has 0 N–H and O–H groups in total. The van der Waals surface area contributed by atoms with Gasteiger partial charge >= 0.3 is 5.97 Å².